The van der Waals surface area contributed by atoms with Gasteiger partial charge in [-0.15, -0.1) is 0 Å². The van der Waals surface area contributed by atoms with E-state index >= 15 is 0 Å². The minimum absolute atomic E-state index is 0.272. The molecule has 0 amide bonds. The van der Waals surface area contributed by atoms with E-state index in [1.165, 1.54) is 12.8 Å². The van der Waals surface area contributed by atoms with Gasteiger partial charge in [-0.2, -0.15) is 0 Å². The highest BCUT2D eigenvalue weighted by Crippen LogP contribution is 2.35. The van der Waals surface area contributed by atoms with Crippen LogP contribution < -0.4 is 0 Å². The van der Waals surface area contributed by atoms with E-state index in [-0.39, 0.29) is 5.97 Å². The minimum atomic E-state index is -0.840. The molecule has 0 saturated heterocycles. The van der Waals surface area contributed by atoms with Crippen LogP contribution in [0.2, 0.25) is 0 Å². The highest BCUT2D eigenvalue weighted by Gasteiger charge is 2.28. The summed E-state index contributed by atoms with van der Waals surface area (Å²) in [4.78, 5) is 20.9. The Morgan fingerprint density at radius 3 is 2.15 bits per heavy atom. The monoisotopic (exact) mass is 282 g/mol. The number of hydrogen-bond donors (Lipinski definition) is 1. The second-order valence-corrected chi connectivity index (χ2v) is 5.08. The molecule has 0 atom stereocenters. The van der Waals surface area contributed by atoms with Crippen molar-refractivity contribution in [2.45, 2.75) is 52.4 Å². The van der Waals surface area contributed by atoms with Crippen molar-refractivity contribution in [1.82, 2.24) is 0 Å². The van der Waals surface area contributed by atoms with Gasteiger partial charge in [0.05, 0.1) is 6.61 Å². The normalized spacial score (nSPS) is 12.9. The Morgan fingerprint density at radius 1 is 1.20 bits per heavy atom. The standard InChI is InChI=1S/C10H18O2.C6H8O2/c1-4-5-6-7-8-12-10(11)9(2)3;1-4(6(7)8)5-2-3-5/h2,4-8H2,1,3H3;5H,1-3H2,(H,7,8). The molecule has 0 heterocycles. The number of carboxylic acids is 1. The predicted molar refractivity (Wildman–Crippen MR) is 79.4 cm³/mol. The molecule has 1 saturated carbocycles. The van der Waals surface area contributed by atoms with E-state index in [2.05, 4.69) is 20.1 Å². The van der Waals surface area contributed by atoms with Crippen LogP contribution in [0.4, 0.5) is 0 Å². The van der Waals surface area contributed by atoms with Gasteiger partial charge in [0.15, 0.2) is 0 Å². The van der Waals surface area contributed by atoms with Crippen LogP contribution in [0, 0.1) is 5.92 Å². The van der Waals surface area contributed by atoms with Crippen LogP contribution in [0.15, 0.2) is 24.3 Å². The summed E-state index contributed by atoms with van der Waals surface area (Å²) in [6.45, 7) is 11.3. The topological polar surface area (TPSA) is 63.6 Å². The summed E-state index contributed by atoms with van der Waals surface area (Å²) in [5, 5.41) is 8.29. The van der Waals surface area contributed by atoms with Gasteiger partial charge in [-0.25, -0.2) is 9.59 Å². The van der Waals surface area contributed by atoms with E-state index in [9.17, 15) is 9.59 Å². The lowest BCUT2D eigenvalue weighted by molar-refractivity contribution is -0.139. The first-order valence-electron chi connectivity index (χ1n) is 7.14. The number of carboxylic acid groups (broad SMARTS) is 1. The average Bonchev–Trinajstić information content (AvgIpc) is 3.22. The molecule has 0 unspecified atom stereocenters. The van der Waals surface area contributed by atoms with Crippen molar-refractivity contribution < 1.29 is 19.4 Å². The van der Waals surface area contributed by atoms with E-state index < -0.39 is 5.97 Å². The predicted octanol–water partition coefficient (Wildman–Crippen LogP) is 3.72. The molecule has 4 nitrogen and oxygen atoms in total. The Labute approximate surface area is 121 Å². The third kappa shape index (κ3) is 9.36. The van der Waals surface area contributed by atoms with Crippen LogP contribution in [0.1, 0.15) is 52.4 Å². The third-order valence-electron chi connectivity index (χ3n) is 2.92. The van der Waals surface area contributed by atoms with Gasteiger partial charge in [0.25, 0.3) is 0 Å². The smallest absolute Gasteiger partial charge is 0.333 e. The number of unbranched alkanes of at least 4 members (excludes halogenated alkanes) is 3. The summed E-state index contributed by atoms with van der Waals surface area (Å²) in [6.07, 6.45) is 6.56. The average molecular weight is 282 g/mol. The van der Waals surface area contributed by atoms with Gasteiger partial charge in [0.2, 0.25) is 0 Å². The largest absolute Gasteiger partial charge is 0.478 e. The number of carbonyl (C=O) groups is 2. The molecule has 20 heavy (non-hydrogen) atoms. The summed E-state index contributed by atoms with van der Waals surface area (Å²) in [5.74, 6) is -0.813. The molecule has 1 aliphatic rings. The van der Waals surface area contributed by atoms with E-state index in [0.717, 1.165) is 25.7 Å². The van der Waals surface area contributed by atoms with Gasteiger partial charge >= 0.3 is 11.9 Å². The molecule has 0 bridgehead atoms. The zero-order chi connectivity index (χ0) is 15.5. The molecule has 1 aliphatic carbocycles. The SMILES string of the molecule is C=C(C(=O)O)C1CC1.C=C(C)C(=O)OCCCCCC. The Balaban J connectivity index is 0.000000388. The van der Waals surface area contributed by atoms with E-state index in [1.807, 2.05) is 0 Å². The molecule has 114 valence electrons. The lowest BCUT2D eigenvalue weighted by Crippen LogP contribution is -2.05. The van der Waals surface area contributed by atoms with Gasteiger partial charge in [-0.05, 0) is 32.1 Å². The first-order valence-corrected chi connectivity index (χ1v) is 7.14. The molecule has 0 aliphatic heterocycles. The third-order valence-corrected chi connectivity index (χ3v) is 2.92. The maximum Gasteiger partial charge on any atom is 0.333 e. The second-order valence-electron chi connectivity index (χ2n) is 5.08. The molecular formula is C16H26O4. The Hall–Kier alpha value is -1.58. The zero-order valence-electron chi connectivity index (χ0n) is 12.6. The quantitative estimate of drug-likeness (QED) is 0.418. The molecule has 1 fully saturated rings. The van der Waals surface area contributed by atoms with Crippen LogP contribution in [-0.4, -0.2) is 23.7 Å². The van der Waals surface area contributed by atoms with Gasteiger partial charge < -0.3 is 9.84 Å². The first-order chi connectivity index (χ1) is 9.40. The van der Waals surface area contributed by atoms with Crippen LogP contribution in [0.5, 0.6) is 0 Å². The second kappa shape index (κ2) is 10.2. The number of carbonyl (C=O) groups excluding carboxylic acids is 1. The highest BCUT2D eigenvalue weighted by molar-refractivity contribution is 5.87. The van der Waals surface area contributed by atoms with Gasteiger partial charge in [0.1, 0.15) is 0 Å². The lowest BCUT2D eigenvalue weighted by atomic mass is 10.2. The number of ether oxygens (including phenoxy) is 1. The summed E-state index contributed by atoms with van der Waals surface area (Å²) < 4.78 is 4.91. The fourth-order valence-corrected chi connectivity index (χ4v) is 1.42. The van der Waals surface area contributed by atoms with Gasteiger partial charge in [-0.1, -0.05) is 39.3 Å². The highest BCUT2D eigenvalue weighted by atomic mass is 16.5. The van der Waals surface area contributed by atoms with Crippen molar-refractivity contribution in [3.05, 3.63) is 24.3 Å². The Morgan fingerprint density at radius 2 is 1.80 bits per heavy atom. The lowest BCUT2D eigenvalue weighted by Gasteiger charge is -2.02. The van der Waals surface area contributed by atoms with Crippen LogP contribution in [0.3, 0.4) is 0 Å². The van der Waals surface area contributed by atoms with Crippen LogP contribution >= 0.6 is 0 Å². The number of rotatable bonds is 8. The number of aliphatic carboxylic acids is 1. The van der Waals surface area contributed by atoms with E-state index in [0.29, 0.717) is 23.7 Å². The molecule has 1 rings (SSSR count). The van der Waals surface area contributed by atoms with Crippen molar-refractivity contribution in [2.24, 2.45) is 5.92 Å². The molecule has 0 aromatic carbocycles. The summed E-state index contributed by atoms with van der Waals surface area (Å²) >= 11 is 0. The van der Waals surface area contributed by atoms with E-state index in [1.54, 1.807) is 6.92 Å². The zero-order valence-corrected chi connectivity index (χ0v) is 12.6. The summed E-state index contributed by atoms with van der Waals surface area (Å²) in [5.41, 5.74) is 0.857. The van der Waals surface area contributed by atoms with Gasteiger partial charge in [-0.3, -0.25) is 0 Å². The van der Waals surface area contributed by atoms with Crippen LogP contribution in [-0.2, 0) is 14.3 Å². The maximum absolute atomic E-state index is 10.9. The molecular weight excluding hydrogens is 256 g/mol. The molecule has 0 aromatic rings. The molecule has 0 aromatic heterocycles. The Bertz CT molecular complexity index is 353. The summed E-state index contributed by atoms with van der Waals surface area (Å²) in [7, 11) is 0. The molecule has 0 radical (unpaired) electrons. The first kappa shape index (κ1) is 18.4. The minimum Gasteiger partial charge on any atom is -0.478 e. The van der Waals surface area contributed by atoms with Crippen molar-refractivity contribution in [2.75, 3.05) is 6.61 Å². The maximum atomic E-state index is 10.9. The van der Waals surface area contributed by atoms with E-state index in [4.69, 9.17) is 9.84 Å². The molecule has 1 N–H and O–H groups in total. The van der Waals surface area contributed by atoms with Crippen molar-refractivity contribution in [3.63, 3.8) is 0 Å². The van der Waals surface area contributed by atoms with Gasteiger partial charge in [0, 0.05) is 11.1 Å². The fourth-order valence-electron chi connectivity index (χ4n) is 1.42. The van der Waals surface area contributed by atoms with Crippen molar-refractivity contribution >= 4 is 11.9 Å². The van der Waals surface area contributed by atoms with Crippen molar-refractivity contribution in [3.8, 4) is 0 Å². The number of hydrogen-bond acceptors (Lipinski definition) is 3. The summed E-state index contributed by atoms with van der Waals surface area (Å²) in [6, 6.07) is 0. The van der Waals surface area contributed by atoms with Crippen LogP contribution in [0.25, 0.3) is 0 Å². The number of esters is 1. The molecule has 4 heteroatoms. The molecule has 0 spiro atoms. The Kier molecular flexibility index (Phi) is 9.43. The van der Waals surface area contributed by atoms with Crippen molar-refractivity contribution in [1.29, 1.82) is 0 Å². The fraction of sp³-hybridized carbons (Fsp3) is 0.625.